The number of aryl methyl sites for hydroxylation is 1. The van der Waals surface area contributed by atoms with Gasteiger partial charge in [0.15, 0.2) is 0 Å². The van der Waals surface area contributed by atoms with E-state index < -0.39 is 0 Å². The molecule has 2 aromatic rings. The second-order valence-electron chi connectivity index (χ2n) is 9.92. The zero-order chi connectivity index (χ0) is 26.3. The van der Waals surface area contributed by atoms with Crippen molar-refractivity contribution < 1.29 is 0 Å². The number of aromatic nitrogens is 3. The normalized spacial score (nSPS) is 16.9. The van der Waals surface area contributed by atoms with Crippen LogP contribution in [0, 0.1) is 6.92 Å². The molecule has 5 nitrogen and oxygen atoms in total. The van der Waals surface area contributed by atoms with Gasteiger partial charge in [-0.1, -0.05) is 41.5 Å². The monoisotopic (exact) mass is 493 g/mol. The average molecular weight is 494 g/mol. The summed E-state index contributed by atoms with van der Waals surface area (Å²) in [4.78, 5) is 22.6. The van der Waals surface area contributed by atoms with Crippen molar-refractivity contribution in [2.75, 3.05) is 0 Å². The van der Waals surface area contributed by atoms with E-state index in [-0.39, 0.29) is 0 Å². The molecule has 0 radical (unpaired) electrons. The third-order valence-electron chi connectivity index (χ3n) is 7.90. The number of H-pyrrole nitrogens is 2. The number of aliphatic imine (C=N–C) groups is 2. The van der Waals surface area contributed by atoms with Gasteiger partial charge in [-0.25, -0.2) is 15.0 Å². The third-order valence-corrected chi connectivity index (χ3v) is 7.90. The number of aromatic amines is 2. The van der Waals surface area contributed by atoms with E-state index in [1.54, 1.807) is 0 Å². The van der Waals surface area contributed by atoms with Crippen molar-refractivity contribution >= 4 is 35.7 Å². The molecule has 0 amide bonds. The topological polar surface area (TPSA) is 69.2 Å². The fourth-order valence-corrected chi connectivity index (χ4v) is 6.12. The summed E-state index contributed by atoms with van der Waals surface area (Å²) in [6.07, 6.45) is 14.6. The molecule has 0 saturated carbocycles. The SMILES string of the molecule is CCC1=C(CC)C2=NC1=Cc1nc(c(C)[nH]1)C=C1N=C(C=c3[nH]c(c(CC)c3CC)=C2)C(CC)=C1CC. The van der Waals surface area contributed by atoms with Gasteiger partial charge < -0.3 is 9.97 Å². The molecule has 5 rings (SSSR count). The molecular weight excluding hydrogens is 454 g/mol. The van der Waals surface area contributed by atoms with Crippen molar-refractivity contribution in [3.8, 4) is 0 Å². The van der Waals surface area contributed by atoms with E-state index in [1.165, 1.54) is 44.1 Å². The number of imidazole rings is 1. The Morgan fingerprint density at radius 2 is 1.05 bits per heavy atom. The van der Waals surface area contributed by atoms with Gasteiger partial charge in [-0.05, 0) is 97.1 Å². The summed E-state index contributed by atoms with van der Waals surface area (Å²) in [5.41, 5.74) is 14.2. The summed E-state index contributed by atoms with van der Waals surface area (Å²) in [6.45, 7) is 15.5. The van der Waals surface area contributed by atoms with Crippen LogP contribution in [-0.2, 0) is 12.8 Å². The molecule has 8 bridgehead atoms. The standard InChI is InChI=1S/C32H39N5/c1-8-19-20(9-2)27-15-28-21(10-3)22(11-4)29(35-28)16-30-23(12-5)24(13-6)31(36-30)17-32-33-18(7)25(37-32)14-26(19)34-27/h14-17,35H,8-13H2,1-7H3,(H,33,37). The summed E-state index contributed by atoms with van der Waals surface area (Å²) in [5.74, 6) is 0.842. The van der Waals surface area contributed by atoms with Gasteiger partial charge >= 0.3 is 0 Å². The van der Waals surface area contributed by atoms with Crippen LogP contribution >= 0.6 is 0 Å². The van der Waals surface area contributed by atoms with Crippen molar-refractivity contribution in [3.63, 3.8) is 0 Å². The van der Waals surface area contributed by atoms with Gasteiger partial charge in [0.2, 0.25) is 0 Å². The van der Waals surface area contributed by atoms with E-state index >= 15 is 0 Å². The Balaban J connectivity index is 1.88. The van der Waals surface area contributed by atoms with E-state index in [1.807, 2.05) is 0 Å². The summed E-state index contributed by atoms with van der Waals surface area (Å²) in [5, 5.41) is 2.34. The average Bonchev–Trinajstić information content (AvgIpc) is 3.60. The second-order valence-corrected chi connectivity index (χ2v) is 9.92. The van der Waals surface area contributed by atoms with Gasteiger partial charge in [-0.2, -0.15) is 0 Å². The highest BCUT2D eigenvalue weighted by Gasteiger charge is 2.24. The third kappa shape index (κ3) is 4.24. The van der Waals surface area contributed by atoms with Crippen molar-refractivity contribution in [2.24, 2.45) is 9.98 Å². The van der Waals surface area contributed by atoms with Crippen LogP contribution < -0.4 is 10.7 Å². The zero-order valence-corrected chi connectivity index (χ0v) is 23.4. The molecule has 0 aromatic carbocycles. The Labute approximate surface area is 220 Å². The van der Waals surface area contributed by atoms with Gasteiger partial charge in [-0.15, -0.1) is 0 Å². The van der Waals surface area contributed by atoms with Crippen LogP contribution in [0.2, 0.25) is 0 Å². The molecule has 0 unspecified atom stereocenters. The van der Waals surface area contributed by atoms with Crippen LogP contribution in [-0.4, -0.2) is 26.4 Å². The molecule has 0 saturated heterocycles. The fourth-order valence-electron chi connectivity index (χ4n) is 6.12. The highest BCUT2D eigenvalue weighted by molar-refractivity contribution is 6.24. The Hall–Kier alpha value is -3.47. The lowest BCUT2D eigenvalue weighted by Gasteiger charge is -2.04. The molecule has 37 heavy (non-hydrogen) atoms. The van der Waals surface area contributed by atoms with E-state index in [0.717, 1.165) is 78.6 Å². The van der Waals surface area contributed by atoms with Crippen LogP contribution in [0.3, 0.4) is 0 Å². The number of allylic oxidation sites excluding steroid dienone is 4. The minimum Gasteiger partial charge on any atom is -0.355 e. The molecule has 3 aliphatic heterocycles. The number of hydrogen-bond donors (Lipinski definition) is 2. The van der Waals surface area contributed by atoms with Crippen molar-refractivity contribution in [1.82, 2.24) is 15.0 Å². The van der Waals surface area contributed by atoms with E-state index in [0.29, 0.717) is 0 Å². The molecule has 0 spiro atoms. The summed E-state index contributed by atoms with van der Waals surface area (Å²) >= 11 is 0. The number of nitrogens with one attached hydrogen (secondary N) is 2. The largest absolute Gasteiger partial charge is 0.355 e. The first kappa shape index (κ1) is 25.2. The molecule has 0 atom stereocenters. The first-order valence-electron chi connectivity index (χ1n) is 14.0. The highest BCUT2D eigenvalue weighted by atomic mass is 14.9. The van der Waals surface area contributed by atoms with Crippen LogP contribution in [0.4, 0.5) is 0 Å². The smallest absolute Gasteiger partial charge is 0.133 e. The Kier molecular flexibility index (Phi) is 6.89. The van der Waals surface area contributed by atoms with Crippen LogP contribution in [0.25, 0.3) is 24.3 Å². The maximum absolute atomic E-state index is 5.17. The van der Waals surface area contributed by atoms with Crippen molar-refractivity contribution in [2.45, 2.75) is 87.0 Å². The second kappa shape index (κ2) is 10.1. The van der Waals surface area contributed by atoms with Crippen molar-refractivity contribution in [1.29, 1.82) is 0 Å². The molecule has 5 heterocycles. The summed E-state index contributed by atoms with van der Waals surface area (Å²) in [7, 11) is 0. The van der Waals surface area contributed by atoms with Gasteiger partial charge in [0.05, 0.1) is 28.5 Å². The quantitative estimate of drug-likeness (QED) is 0.489. The predicted octanol–water partition coefficient (Wildman–Crippen LogP) is 6.27. The van der Waals surface area contributed by atoms with Gasteiger partial charge in [0.25, 0.3) is 0 Å². The lowest BCUT2D eigenvalue weighted by molar-refractivity contribution is 1.04. The van der Waals surface area contributed by atoms with E-state index in [2.05, 4.69) is 82.7 Å². The first-order valence-corrected chi connectivity index (χ1v) is 14.0. The number of fused-ring (bicyclic) bond motifs is 6. The minimum atomic E-state index is 0.842. The molecule has 5 heteroatoms. The molecule has 2 N–H and O–H groups in total. The molecular formula is C32H39N5. The van der Waals surface area contributed by atoms with E-state index in [9.17, 15) is 0 Å². The lowest BCUT2D eigenvalue weighted by Crippen LogP contribution is -2.16. The zero-order valence-electron chi connectivity index (χ0n) is 23.4. The molecule has 192 valence electrons. The maximum Gasteiger partial charge on any atom is 0.133 e. The molecule has 0 fully saturated rings. The van der Waals surface area contributed by atoms with Gasteiger partial charge in [0, 0.05) is 22.5 Å². The number of rotatable bonds is 6. The Morgan fingerprint density at radius 3 is 1.51 bits per heavy atom. The molecule has 2 aromatic heterocycles. The van der Waals surface area contributed by atoms with Crippen LogP contribution in [0.5, 0.6) is 0 Å². The lowest BCUT2D eigenvalue weighted by atomic mass is 9.98. The molecule has 3 aliphatic rings. The van der Waals surface area contributed by atoms with Crippen LogP contribution in [0.1, 0.15) is 95.6 Å². The van der Waals surface area contributed by atoms with Crippen molar-refractivity contribution in [3.05, 3.63) is 72.7 Å². The number of hydrogen-bond acceptors (Lipinski definition) is 3. The highest BCUT2D eigenvalue weighted by Crippen LogP contribution is 2.34. The first-order chi connectivity index (χ1) is 18.0. The number of nitrogens with zero attached hydrogens (tertiary/aromatic N) is 3. The maximum atomic E-state index is 5.17. The summed E-state index contributed by atoms with van der Waals surface area (Å²) < 4.78 is 0. The molecule has 0 aliphatic carbocycles. The van der Waals surface area contributed by atoms with Crippen LogP contribution in [0.15, 0.2) is 43.7 Å². The Morgan fingerprint density at radius 1 is 0.568 bits per heavy atom. The van der Waals surface area contributed by atoms with Gasteiger partial charge in [0.1, 0.15) is 5.82 Å². The summed E-state index contributed by atoms with van der Waals surface area (Å²) in [6, 6.07) is 0. The van der Waals surface area contributed by atoms with Gasteiger partial charge in [-0.3, -0.25) is 0 Å². The fraction of sp³-hybridized carbons (Fsp3) is 0.406. The minimum absolute atomic E-state index is 0.842. The predicted molar refractivity (Wildman–Crippen MR) is 157 cm³/mol. The van der Waals surface area contributed by atoms with E-state index in [4.69, 9.17) is 15.0 Å². The Bertz CT molecular complexity index is 1570.